The number of nitrogens with zero attached hydrogens (tertiary/aromatic N) is 3. The molecule has 1 amide bonds. The maximum absolute atomic E-state index is 12.7. The van der Waals surface area contributed by atoms with Crippen LogP contribution in [0.25, 0.3) is 0 Å². The van der Waals surface area contributed by atoms with Crippen LogP contribution in [0.15, 0.2) is 40.7 Å². The van der Waals surface area contributed by atoms with Gasteiger partial charge < -0.3 is 5.73 Å². The standard InChI is InChI=1S/C17H20N6O3S2/c1-11-7-9-27-14(11)15(24)23-16(18)20-17(19,21-23)12-3-5-13(6-4-12)22-8-2-10-28(22,25)26/h3-7,9,21H,2,8,10,19H2,1H3,(H2,18,20). The zero-order valence-corrected chi connectivity index (χ0v) is 16.8. The van der Waals surface area contributed by atoms with Crippen molar-refractivity contribution in [1.29, 1.82) is 0 Å². The highest BCUT2D eigenvalue weighted by Gasteiger charge is 2.40. The first-order chi connectivity index (χ1) is 13.2. The summed E-state index contributed by atoms with van der Waals surface area (Å²) in [6.45, 7) is 2.30. The highest BCUT2D eigenvalue weighted by Crippen LogP contribution is 2.29. The molecule has 2 aromatic rings. The van der Waals surface area contributed by atoms with E-state index >= 15 is 0 Å². The summed E-state index contributed by atoms with van der Waals surface area (Å²) in [4.78, 5) is 17.5. The van der Waals surface area contributed by atoms with Crippen LogP contribution in [-0.2, 0) is 15.8 Å². The summed E-state index contributed by atoms with van der Waals surface area (Å²) < 4.78 is 25.5. The molecule has 3 heterocycles. The van der Waals surface area contributed by atoms with Gasteiger partial charge in [-0.1, -0.05) is 12.1 Å². The summed E-state index contributed by atoms with van der Waals surface area (Å²) in [6, 6.07) is 8.55. The van der Waals surface area contributed by atoms with Crippen molar-refractivity contribution in [2.75, 3.05) is 16.6 Å². The Hall–Kier alpha value is -2.47. The lowest BCUT2D eigenvalue weighted by Crippen LogP contribution is -2.54. The van der Waals surface area contributed by atoms with E-state index in [-0.39, 0.29) is 17.6 Å². The van der Waals surface area contributed by atoms with Crippen molar-refractivity contribution in [2.24, 2.45) is 16.5 Å². The lowest BCUT2D eigenvalue weighted by molar-refractivity contribution is 0.0757. The topological polar surface area (TPSA) is 134 Å². The number of benzene rings is 1. The van der Waals surface area contributed by atoms with Crippen LogP contribution >= 0.6 is 11.3 Å². The zero-order chi connectivity index (χ0) is 20.1. The molecule has 0 radical (unpaired) electrons. The summed E-state index contributed by atoms with van der Waals surface area (Å²) in [5.41, 5.74) is 17.1. The molecule has 5 N–H and O–H groups in total. The van der Waals surface area contributed by atoms with Gasteiger partial charge in [0, 0.05) is 12.1 Å². The Labute approximate surface area is 166 Å². The molecule has 4 rings (SSSR count). The molecule has 2 aliphatic rings. The van der Waals surface area contributed by atoms with Gasteiger partial charge in [0.2, 0.25) is 21.8 Å². The third-order valence-corrected chi connectivity index (χ3v) is 7.63. The number of aliphatic imine (C=N–C) groups is 1. The monoisotopic (exact) mass is 420 g/mol. The average Bonchev–Trinajstić information content (AvgIpc) is 3.32. The minimum Gasteiger partial charge on any atom is -0.368 e. The number of rotatable bonds is 3. The molecule has 1 fully saturated rings. The fraction of sp³-hybridized carbons (Fsp3) is 0.294. The van der Waals surface area contributed by atoms with Gasteiger partial charge in [0.1, 0.15) is 0 Å². The van der Waals surface area contributed by atoms with Crippen LogP contribution in [-0.4, -0.2) is 37.6 Å². The SMILES string of the molecule is Cc1ccsc1C(=O)N1NC(N)(c2ccc(N3CCCS3(=O)=O)cc2)N=C1N. The van der Waals surface area contributed by atoms with Gasteiger partial charge in [0.25, 0.3) is 5.91 Å². The van der Waals surface area contributed by atoms with Crippen molar-refractivity contribution in [3.05, 3.63) is 51.7 Å². The number of aryl methyl sites for hydroxylation is 1. The molecule has 1 atom stereocenters. The second-order valence-corrected chi connectivity index (χ2v) is 9.64. The van der Waals surface area contributed by atoms with Gasteiger partial charge >= 0.3 is 0 Å². The van der Waals surface area contributed by atoms with Gasteiger partial charge in [-0.3, -0.25) is 14.8 Å². The zero-order valence-electron chi connectivity index (χ0n) is 15.1. The molecule has 0 spiro atoms. The van der Waals surface area contributed by atoms with E-state index in [0.29, 0.717) is 29.1 Å². The van der Waals surface area contributed by atoms with Crippen LogP contribution in [0, 0.1) is 6.92 Å². The first kappa shape index (κ1) is 18.9. The molecule has 11 heteroatoms. The van der Waals surface area contributed by atoms with Crippen molar-refractivity contribution < 1.29 is 13.2 Å². The van der Waals surface area contributed by atoms with E-state index < -0.39 is 15.8 Å². The maximum atomic E-state index is 12.7. The van der Waals surface area contributed by atoms with Crippen LogP contribution in [0.3, 0.4) is 0 Å². The molecular formula is C17H20N6O3S2. The number of amides is 1. The van der Waals surface area contributed by atoms with Crippen LogP contribution in [0.2, 0.25) is 0 Å². The van der Waals surface area contributed by atoms with Crippen molar-refractivity contribution in [3.8, 4) is 0 Å². The van der Waals surface area contributed by atoms with Crippen molar-refractivity contribution in [3.63, 3.8) is 0 Å². The average molecular weight is 421 g/mol. The molecule has 0 bridgehead atoms. The van der Waals surface area contributed by atoms with E-state index in [1.54, 1.807) is 24.3 Å². The minimum atomic E-state index is -3.26. The van der Waals surface area contributed by atoms with Crippen molar-refractivity contribution in [1.82, 2.24) is 10.4 Å². The number of thiophene rings is 1. The minimum absolute atomic E-state index is 0.0357. The Balaban J connectivity index is 1.58. The molecule has 148 valence electrons. The first-order valence-electron chi connectivity index (χ1n) is 8.63. The number of hydrazine groups is 1. The highest BCUT2D eigenvalue weighted by molar-refractivity contribution is 7.93. The Morgan fingerprint density at radius 1 is 1.29 bits per heavy atom. The molecule has 1 aromatic heterocycles. The largest absolute Gasteiger partial charge is 0.368 e. The second-order valence-electron chi connectivity index (χ2n) is 6.71. The van der Waals surface area contributed by atoms with Crippen LogP contribution < -0.4 is 21.2 Å². The third-order valence-electron chi connectivity index (χ3n) is 4.76. The third kappa shape index (κ3) is 3.05. The predicted molar refractivity (Wildman–Crippen MR) is 108 cm³/mol. The summed E-state index contributed by atoms with van der Waals surface area (Å²) in [6.07, 6.45) is 0.604. The Morgan fingerprint density at radius 3 is 2.57 bits per heavy atom. The van der Waals surface area contributed by atoms with Gasteiger partial charge in [-0.05, 0) is 42.5 Å². The summed E-state index contributed by atoms with van der Waals surface area (Å²) in [7, 11) is -3.26. The normalized spacial score (nSPS) is 23.9. The quantitative estimate of drug-likeness (QED) is 0.667. The maximum Gasteiger partial charge on any atom is 0.285 e. The number of hydrogen-bond donors (Lipinski definition) is 3. The second kappa shape index (κ2) is 6.55. The fourth-order valence-electron chi connectivity index (χ4n) is 3.27. The van der Waals surface area contributed by atoms with Gasteiger partial charge in [0.15, 0.2) is 0 Å². The van der Waals surface area contributed by atoms with E-state index in [2.05, 4.69) is 10.4 Å². The number of sulfonamides is 1. The van der Waals surface area contributed by atoms with E-state index in [4.69, 9.17) is 11.5 Å². The number of hydrogen-bond acceptors (Lipinski definition) is 8. The van der Waals surface area contributed by atoms with Crippen LogP contribution in [0.1, 0.15) is 27.2 Å². The Kier molecular flexibility index (Phi) is 4.42. The molecular weight excluding hydrogens is 400 g/mol. The number of carbonyl (C=O) groups excluding carboxylic acids is 1. The van der Waals surface area contributed by atoms with Crippen LogP contribution in [0.5, 0.6) is 0 Å². The summed E-state index contributed by atoms with van der Waals surface area (Å²) in [5.74, 6) is -1.64. The van der Waals surface area contributed by atoms with E-state index in [0.717, 1.165) is 10.6 Å². The van der Waals surface area contributed by atoms with Gasteiger partial charge in [-0.25, -0.2) is 18.4 Å². The lowest BCUT2D eigenvalue weighted by Gasteiger charge is -2.25. The molecule has 28 heavy (non-hydrogen) atoms. The molecule has 1 aromatic carbocycles. The molecule has 1 unspecified atom stereocenters. The molecule has 1 saturated heterocycles. The summed E-state index contributed by atoms with van der Waals surface area (Å²) >= 11 is 1.31. The van der Waals surface area contributed by atoms with Gasteiger partial charge in [0.05, 0.1) is 16.3 Å². The van der Waals surface area contributed by atoms with E-state index in [1.165, 1.54) is 15.6 Å². The van der Waals surface area contributed by atoms with Gasteiger partial charge in [-0.15, -0.1) is 11.3 Å². The Bertz CT molecular complexity index is 1060. The first-order valence-corrected chi connectivity index (χ1v) is 11.1. The number of anilines is 1. The molecule has 9 nitrogen and oxygen atoms in total. The van der Waals surface area contributed by atoms with Crippen molar-refractivity contribution >= 4 is 38.9 Å². The van der Waals surface area contributed by atoms with Gasteiger partial charge in [-0.2, -0.15) is 5.43 Å². The predicted octanol–water partition coefficient (Wildman–Crippen LogP) is 0.641. The highest BCUT2D eigenvalue weighted by atomic mass is 32.2. The van der Waals surface area contributed by atoms with Crippen molar-refractivity contribution in [2.45, 2.75) is 19.1 Å². The number of guanidine groups is 1. The smallest absolute Gasteiger partial charge is 0.285 e. The number of carbonyl (C=O) groups is 1. The van der Waals surface area contributed by atoms with Crippen LogP contribution in [0.4, 0.5) is 5.69 Å². The number of nitrogens with one attached hydrogen (secondary N) is 1. The molecule has 2 aliphatic heterocycles. The molecule has 0 aliphatic carbocycles. The van der Waals surface area contributed by atoms with E-state index in [9.17, 15) is 13.2 Å². The fourth-order valence-corrected chi connectivity index (χ4v) is 5.69. The molecule has 0 saturated carbocycles. The number of nitrogens with two attached hydrogens (primary N) is 2. The lowest BCUT2D eigenvalue weighted by atomic mass is 10.1. The van der Waals surface area contributed by atoms with E-state index in [1.807, 2.05) is 18.4 Å². The summed E-state index contributed by atoms with van der Waals surface area (Å²) in [5, 5.41) is 2.96. The Morgan fingerprint density at radius 2 is 2.00 bits per heavy atom.